The van der Waals surface area contributed by atoms with E-state index in [1.54, 1.807) is 14.1 Å². The first-order valence-corrected chi connectivity index (χ1v) is 13.8. The number of carbonyl (C=O) groups excluding carboxylic acids is 2. The summed E-state index contributed by atoms with van der Waals surface area (Å²) < 4.78 is 5.94. The molecule has 212 valence electrons. The maximum atomic E-state index is 12.9. The molecule has 0 aliphatic carbocycles. The second-order valence-corrected chi connectivity index (χ2v) is 9.76. The van der Waals surface area contributed by atoms with Crippen LogP contribution in [0.3, 0.4) is 0 Å². The van der Waals surface area contributed by atoms with Crippen molar-refractivity contribution in [2.24, 2.45) is 0 Å². The average Bonchev–Trinajstić information content (AvgIpc) is 2.89. The van der Waals surface area contributed by atoms with E-state index < -0.39 is 0 Å². The Bertz CT molecular complexity index is 893. The predicted molar refractivity (Wildman–Crippen MR) is 151 cm³/mol. The Morgan fingerprint density at radius 1 is 1.05 bits per heavy atom. The summed E-state index contributed by atoms with van der Waals surface area (Å²) >= 11 is 0. The fourth-order valence-corrected chi connectivity index (χ4v) is 4.07. The molecular weight excluding hydrogens is 484 g/mol. The van der Waals surface area contributed by atoms with Crippen molar-refractivity contribution in [1.29, 1.82) is 10.8 Å². The second kappa shape index (κ2) is 17.9. The van der Waals surface area contributed by atoms with E-state index in [1.807, 2.05) is 29.2 Å². The number of amides is 4. The number of ether oxygens (including phenoxy) is 1. The molecule has 0 saturated heterocycles. The van der Waals surface area contributed by atoms with Gasteiger partial charge in [0.05, 0.1) is 6.61 Å². The Hall–Kier alpha value is -3.50. The van der Waals surface area contributed by atoms with Crippen LogP contribution in [0.5, 0.6) is 5.75 Å². The number of hydrogen-bond acceptors (Lipinski definition) is 5. The maximum Gasteiger partial charge on any atom is 0.324 e. The smallest absolute Gasteiger partial charge is 0.324 e. The molecule has 0 aromatic heterocycles. The van der Waals surface area contributed by atoms with Crippen LogP contribution in [-0.2, 0) is 6.54 Å². The summed E-state index contributed by atoms with van der Waals surface area (Å²) in [4.78, 5) is 27.6. The molecular formula is C27H46N8O3. The van der Waals surface area contributed by atoms with Gasteiger partial charge in [0.15, 0.2) is 11.9 Å². The van der Waals surface area contributed by atoms with Crippen LogP contribution in [0.15, 0.2) is 24.3 Å². The molecule has 1 heterocycles. The third-order valence-electron chi connectivity index (χ3n) is 6.32. The van der Waals surface area contributed by atoms with Crippen molar-refractivity contribution in [2.45, 2.75) is 70.8 Å². The van der Waals surface area contributed by atoms with E-state index in [9.17, 15) is 9.59 Å². The Balaban J connectivity index is 1.67. The number of fused-ring (bicyclic) bond motifs is 1. The van der Waals surface area contributed by atoms with Gasteiger partial charge in [-0.05, 0) is 31.7 Å². The first kappa shape index (κ1) is 30.7. The lowest BCUT2D eigenvalue weighted by Gasteiger charge is -2.23. The van der Waals surface area contributed by atoms with Gasteiger partial charge in [0, 0.05) is 45.8 Å². The van der Waals surface area contributed by atoms with Crippen molar-refractivity contribution in [3.63, 3.8) is 0 Å². The van der Waals surface area contributed by atoms with E-state index in [-0.39, 0.29) is 24.0 Å². The molecule has 0 spiro atoms. The van der Waals surface area contributed by atoms with Gasteiger partial charge in [0.2, 0.25) is 0 Å². The molecule has 0 atom stereocenters. The van der Waals surface area contributed by atoms with Crippen molar-refractivity contribution >= 4 is 24.0 Å². The number of rotatable bonds is 9. The minimum atomic E-state index is -0.316. The highest BCUT2D eigenvalue weighted by atomic mass is 16.5. The number of nitrogens with one attached hydrogen (secondary N) is 6. The summed E-state index contributed by atoms with van der Waals surface area (Å²) in [5.74, 6) is 0.837. The number of hydrogen-bond donors (Lipinski definition) is 6. The highest BCUT2D eigenvalue weighted by Crippen LogP contribution is 2.18. The summed E-state index contributed by atoms with van der Waals surface area (Å²) in [6.45, 7) is 3.09. The Morgan fingerprint density at radius 3 is 2.55 bits per heavy atom. The van der Waals surface area contributed by atoms with Gasteiger partial charge in [-0.2, -0.15) is 0 Å². The minimum absolute atomic E-state index is 0.00681. The zero-order chi connectivity index (χ0) is 27.6. The molecule has 1 aliphatic heterocycles. The Kier molecular flexibility index (Phi) is 14.4. The highest BCUT2D eigenvalue weighted by molar-refractivity contribution is 5.95. The first-order chi connectivity index (χ1) is 18.4. The van der Waals surface area contributed by atoms with Crippen LogP contribution in [0.2, 0.25) is 0 Å². The number of para-hydroxylation sites is 1. The number of carbonyl (C=O) groups is 2. The summed E-state index contributed by atoms with van der Waals surface area (Å²) in [7, 11) is 3.27. The molecule has 0 saturated carbocycles. The predicted octanol–water partition coefficient (Wildman–Crippen LogP) is 3.81. The van der Waals surface area contributed by atoms with Gasteiger partial charge in [-0.25, -0.2) is 9.59 Å². The fraction of sp³-hybridized carbons (Fsp3) is 0.630. The topological polar surface area (TPSA) is 146 Å². The molecule has 11 nitrogen and oxygen atoms in total. The Morgan fingerprint density at radius 2 is 1.76 bits per heavy atom. The lowest BCUT2D eigenvalue weighted by molar-refractivity contribution is 0.199. The van der Waals surface area contributed by atoms with E-state index >= 15 is 0 Å². The normalized spacial score (nSPS) is 15.1. The summed E-state index contributed by atoms with van der Waals surface area (Å²) in [5, 5.41) is 27.0. The number of nitrogens with zero attached hydrogens (tertiary/aromatic N) is 2. The summed E-state index contributed by atoms with van der Waals surface area (Å²) in [6, 6.07) is 7.25. The van der Waals surface area contributed by atoms with Gasteiger partial charge in [-0.3, -0.25) is 21.5 Å². The molecule has 2 rings (SSSR count). The SMILES string of the molecule is CN(C)C(=O)NC(=N)NCCCCCCCCN1CCCCCCOc2ccccc2CNC(=N)NC1=O. The third kappa shape index (κ3) is 12.6. The molecule has 38 heavy (non-hydrogen) atoms. The molecule has 0 fully saturated rings. The Labute approximate surface area is 227 Å². The number of urea groups is 2. The number of guanidine groups is 2. The van der Waals surface area contributed by atoms with Crippen LogP contribution in [0, 0.1) is 10.8 Å². The van der Waals surface area contributed by atoms with Gasteiger partial charge >= 0.3 is 12.1 Å². The van der Waals surface area contributed by atoms with Crippen molar-refractivity contribution in [1.82, 2.24) is 31.1 Å². The van der Waals surface area contributed by atoms with Crippen LogP contribution in [0.25, 0.3) is 0 Å². The lowest BCUT2D eigenvalue weighted by Crippen LogP contribution is -2.47. The van der Waals surface area contributed by atoms with Crippen LogP contribution < -0.4 is 26.0 Å². The molecule has 1 aliphatic rings. The zero-order valence-corrected chi connectivity index (χ0v) is 23.0. The minimum Gasteiger partial charge on any atom is -0.493 e. The maximum absolute atomic E-state index is 12.9. The van der Waals surface area contributed by atoms with Crippen molar-refractivity contribution in [2.75, 3.05) is 40.3 Å². The standard InChI is InChI=1S/C27H46N8O3/c1-34(2)26(36)32-24(28)30-17-11-5-3-4-6-12-18-35-19-13-7-8-14-20-38-23-16-10-9-15-22(23)21-31-25(29)33-27(35)37/h9-10,15-16H,3-8,11-14,17-21H2,1-2H3,(H3,28,30,32,36)(H3,29,31,33,37). The molecule has 0 unspecified atom stereocenters. The lowest BCUT2D eigenvalue weighted by atomic mass is 10.1. The molecule has 6 N–H and O–H groups in total. The van der Waals surface area contributed by atoms with Crippen molar-refractivity contribution in [3.8, 4) is 5.75 Å². The van der Waals surface area contributed by atoms with Gasteiger partial charge in [0.25, 0.3) is 0 Å². The van der Waals surface area contributed by atoms with E-state index in [2.05, 4.69) is 21.3 Å². The third-order valence-corrected chi connectivity index (χ3v) is 6.32. The summed E-state index contributed by atoms with van der Waals surface area (Å²) in [6.07, 6.45) is 10.1. The molecule has 11 heteroatoms. The fourth-order valence-electron chi connectivity index (χ4n) is 4.07. The molecule has 4 amide bonds. The van der Waals surface area contributed by atoms with Gasteiger partial charge < -0.3 is 25.2 Å². The van der Waals surface area contributed by atoms with Crippen LogP contribution >= 0.6 is 0 Å². The number of benzene rings is 1. The molecule has 0 radical (unpaired) electrons. The zero-order valence-electron chi connectivity index (χ0n) is 23.0. The van der Waals surface area contributed by atoms with Gasteiger partial charge in [0.1, 0.15) is 5.75 Å². The van der Waals surface area contributed by atoms with Crippen molar-refractivity contribution < 1.29 is 14.3 Å². The molecule has 1 aromatic rings. The average molecular weight is 531 g/mol. The van der Waals surface area contributed by atoms with Gasteiger partial charge in [-0.1, -0.05) is 56.7 Å². The molecule has 0 bridgehead atoms. The first-order valence-electron chi connectivity index (χ1n) is 13.8. The monoisotopic (exact) mass is 530 g/mol. The largest absolute Gasteiger partial charge is 0.493 e. The van der Waals surface area contributed by atoms with Crippen molar-refractivity contribution in [3.05, 3.63) is 29.8 Å². The molecule has 1 aromatic carbocycles. The van der Waals surface area contributed by atoms with Gasteiger partial charge in [-0.15, -0.1) is 0 Å². The van der Waals surface area contributed by atoms with Crippen LogP contribution in [-0.4, -0.2) is 74.1 Å². The van der Waals surface area contributed by atoms with Crippen LogP contribution in [0.4, 0.5) is 9.59 Å². The second-order valence-electron chi connectivity index (χ2n) is 9.76. The van der Waals surface area contributed by atoms with E-state index in [1.165, 1.54) is 4.90 Å². The van der Waals surface area contributed by atoms with Crippen LogP contribution in [0.1, 0.15) is 69.8 Å². The summed E-state index contributed by atoms with van der Waals surface area (Å²) in [5.41, 5.74) is 0.961. The van der Waals surface area contributed by atoms with E-state index in [0.717, 1.165) is 75.5 Å². The quantitative estimate of drug-likeness (QED) is 0.163. The number of unbranched alkanes of at least 4 members (excludes halogenated alkanes) is 5. The van der Waals surface area contributed by atoms with E-state index in [4.69, 9.17) is 15.6 Å². The highest BCUT2D eigenvalue weighted by Gasteiger charge is 2.15. The van der Waals surface area contributed by atoms with E-state index in [0.29, 0.717) is 32.8 Å².